The van der Waals surface area contributed by atoms with Crippen LogP contribution in [0.5, 0.6) is 0 Å². The molecule has 0 spiro atoms. The van der Waals surface area contributed by atoms with Gasteiger partial charge in [-0.05, 0) is 25.1 Å². The van der Waals surface area contributed by atoms with Gasteiger partial charge in [-0.25, -0.2) is 17.9 Å². The fourth-order valence-corrected chi connectivity index (χ4v) is 4.57. The SMILES string of the molecule is CC1(NS(=O)(=O)Cc2c(Cl)cccc2Cl)C=CC=NC1C(=O)O. The average molecular weight is 377 g/mol. The highest BCUT2D eigenvalue weighted by Gasteiger charge is 2.41. The second kappa shape index (κ2) is 6.60. The zero-order valence-electron chi connectivity index (χ0n) is 12.0. The number of aliphatic imine (C=N–C) groups is 1. The van der Waals surface area contributed by atoms with E-state index in [1.807, 2.05) is 0 Å². The number of sulfonamides is 1. The largest absolute Gasteiger partial charge is 0.480 e. The summed E-state index contributed by atoms with van der Waals surface area (Å²) in [5.41, 5.74) is -1.13. The van der Waals surface area contributed by atoms with Crippen LogP contribution in [0.3, 0.4) is 0 Å². The maximum Gasteiger partial charge on any atom is 0.330 e. The highest BCUT2D eigenvalue weighted by molar-refractivity contribution is 7.88. The molecule has 9 heteroatoms. The Balaban J connectivity index is 2.29. The van der Waals surface area contributed by atoms with Crippen LogP contribution < -0.4 is 4.72 Å². The van der Waals surface area contributed by atoms with E-state index >= 15 is 0 Å². The van der Waals surface area contributed by atoms with Crippen molar-refractivity contribution in [2.45, 2.75) is 24.3 Å². The van der Waals surface area contributed by atoms with Crippen LogP contribution in [-0.2, 0) is 20.6 Å². The van der Waals surface area contributed by atoms with E-state index in [1.165, 1.54) is 37.4 Å². The Kier molecular flexibility index (Phi) is 5.15. The van der Waals surface area contributed by atoms with Gasteiger partial charge >= 0.3 is 5.97 Å². The van der Waals surface area contributed by atoms with Gasteiger partial charge in [0.1, 0.15) is 0 Å². The number of carboxylic acids is 1. The molecular formula is C14H14Cl2N2O4S. The lowest BCUT2D eigenvalue weighted by atomic mass is 9.92. The first-order valence-corrected chi connectivity index (χ1v) is 8.94. The molecule has 23 heavy (non-hydrogen) atoms. The molecule has 1 aromatic carbocycles. The monoisotopic (exact) mass is 376 g/mol. The normalized spacial score (nSPS) is 23.9. The first-order valence-electron chi connectivity index (χ1n) is 6.53. The predicted octanol–water partition coefficient (Wildman–Crippen LogP) is 2.27. The fraction of sp³-hybridized carbons (Fsp3) is 0.286. The molecule has 0 bridgehead atoms. The van der Waals surface area contributed by atoms with Crippen LogP contribution in [0.4, 0.5) is 0 Å². The van der Waals surface area contributed by atoms with Gasteiger partial charge in [0, 0.05) is 21.8 Å². The van der Waals surface area contributed by atoms with Crippen molar-refractivity contribution < 1.29 is 18.3 Å². The summed E-state index contributed by atoms with van der Waals surface area (Å²) in [7, 11) is -3.91. The van der Waals surface area contributed by atoms with Gasteiger partial charge in [0.05, 0.1) is 11.3 Å². The van der Waals surface area contributed by atoms with Crippen LogP contribution in [0.1, 0.15) is 12.5 Å². The Labute approximate surface area is 143 Å². The van der Waals surface area contributed by atoms with Crippen LogP contribution >= 0.6 is 23.2 Å². The summed E-state index contributed by atoms with van der Waals surface area (Å²) in [5.74, 6) is -1.70. The number of aliphatic carboxylic acids is 1. The standard InChI is InChI=1S/C14H14Cl2N2O4S/c1-14(6-3-7-17-12(14)13(19)20)18-23(21,22)8-9-10(15)4-2-5-11(9)16/h2-7,12,18H,8H2,1H3,(H,19,20). The maximum atomic E-state index is 12.4. The van der Waals surface area contributed by atoms with E-state index in [0.717, 1.165) is 0 Å². The minimum atomic E-state index is -3.91. The number of hydrogen-bond donors (Lipinski definition) is 2. The van der Waals surface area contributed by atoms with Crippen molar-refractivity contribution >= 4 is 45.4 Å². The first kappa shape index (κ1) is 17.9. The summed E-state index contributed by atoms with van der Waals surface area (Å²) < 4.78 is 27.3. The molecule has 0 fully saturated rings. The molecule has 1 heterocycles. The Morgan fingerprint density at radius 3 is 2.57 bits per heavy atom. The molecule has 1 aliphatic rings. The van der Waals surface area contributed by atoms with Crippen molar-refractivity contribution in [1.82, 2.24) is 4.72 Å². The third-order valence-electron chi connectivity index (χ3n) is 3.34. The van der Waals surface area contributed by atoms with Gasteiger partial charge in [0.2, 0.25) is 10.0 Å². The highest BCUT2D eigenvalue weighted by Crippen LogP contribution is 2.27. The van der Waals surface area contributed by atoms with Crippen molar-refractivity contribution in [1.29, 1.82) is 0 Å². The molecule has 0 aromatic heterocycles. The molecule has 0 saturated heterocycles. The van der Waals surface area contributed by atoms with Crippen molar-refractivity contribution in [2.75, 3.05) is 0 Å². The Bertz CT molecular complexity index is 772. The molecule has 2 N–H and O–H groups in total. The van der Waals surface area contributed by atoms with Crippen molar-refractivity contribution in [3.8, 4) is 0 Å². The van der Waals surface area contributed by atoms with Crippen LogP contribution in [0.25, 0.3) is 0 Å². The quantitative estimate of drug-likeness (QED) is 0.823. The molecule has 0 saturated carbocycles. The Morgan fingerprint density at radius 1 is 1.39 bits per heavy atom. The lowest BCUT2D eigenvalue weighted by molar-refractivity contribution is -0.139. The summed E-state index contributed by atoms with van der Waals surface area (Å²) in [4.78, 5) is 15.1. The molecule has 2 rings (SSSR count). The minimum absolute atomic E-state index is 0.222. The second-order valence-corrected chi connectivity index (χ2v) is 7.78. The van der Waals surface area contributed by atoms with E-state index in [2.05, 4.69) is 9.71 Å². The summed E-state index contributed by atoms with van der Waals surface area (Å²) in [6.45, 7) is 1.45. The lowest BCUT2D eigenvalue weighted by Crippen LogP contribution is -2.56. The first-order chi connectivity index (χ1) is 10.6. The number of dihydropyridines is 1. The number of nitrogens with one attached hydrogen (secondary N) is 1. The number of halogens is 2. The van der Waals surface area contributed by atoms with Crippen molar-refractivity contribution in [3.63, 3.8) is 0 Å². The molecule has 6 nitrogen and oxygen atoms in total. The second-order valence-electron chi connectivity index (χ2n) is 5.24. The Hall–Kier alpha value is -1.41. The summed E-state index contributed by atoms with van der Waals surface area (Å²) >= 11 is 12.0. The lowest BCUT2D eigenvalue weighted by Gasteiger charge is -2.32. The average Bonchev–Trinajstić information content (AvgIpc) is 2.42. The fourth-order valence-electron chi connectivity index (χ4n) is 2.27. The van der Waals surface area contributed by atoms with Gasteiger partial charge in [-0.2, -0.15) is 0 Å². The topological polar surface area (TPSA) is 95.8 Å². The van der Waals surface area contributed by atoms with Crippen LogP contribution in [0.2, 0.25) is 10.0 Å². The van der Waals surface area contributed by atoms with Gasteiger partial charge in [-0.1, -0.05) is 35.3 Å². The molecule has 1 aromatic rings. The smallest absolute Gasteiger partial charge is 0.330 e. The number of benzene rings is 1. The van der Waals surface area contributed by atoms with Gasteiger partial charge in [0.15, 0.2) is 6.04 Å². The van der Waals surface area contributed by atoms with E-state index in [1.54, 1.807) is 6.07 Å². The number of nitrogens with zero attached hydrogens (tertiary/aromatic N) is 1. The zero-order valence-corrected chi connectivity index (χ0v) is 14.4. The van der Waals surface area contributed by atoms with Crippen LogP contribution in [-0.4, -0.2) is 37.3 Å². The molecule has 2 atom stereocenters. The zero-order chi connectivity index (χ0) is 17.3. The van der Waals surface area contributed by atoms with E-state index in [4.69, 9.17) is 23.2 Å². The van der Waals surface area contributed by atoms with Crippen molar-refractivity contribution in [3.05, 3.63) is 46.0 Å². The van der Waals surface area contributed by atoms with E-state index in [-0.39, 0.29) is 15.6 Å². The molecule has 2 unspecified atom stereocenters. The third-order valence-corrected chi connectivity index (χ3v) is 5.46. The van der Waals surface area contributed by atoms with Gasteiger partial charge < -0.3 is 5.11 Å². The highest BCUT2D eigenvalue weighted by atomic mass is 35.5. The van der Waals surface area contributed by atoms with E-state index in [0.29, 0.717) is 0 Å². The van der Waals surface area contributed by atoms with Crippen LogP contribution in [0.15, 0.2) is 35.3 Å². The van der Waals surface area contributed by atoms with E-state index < -0.39 is 33.3 Å². The van der Waals surface area contributed by atoms with Gasteiger partial charge in [-0.15, -0.1) is 0 Å². The molecule has 124 valence electrons. The summed E-state index contributed by atoms with van der Waals surface area (Å²) in [6.07, 6.45) is 4.26. The van der Waals surface area contributed by atoms with Crippen molar-refractivity contribution in [2.24, 2.45) is 4.99 Å². The molecular weight excluding hydrogens is 363 g/mol. The third kappa shape index (κ3) is 4.11. The maximum absolute atomic E-state index is 12.4. The van der Waals surface area contributed by atoms with E-state index in [9.17, 15) is 18.3 Å². The number of carboxylic acid groups (broad SMARTS) is 1. The minimum Gasteiger partial charge on any atom is -0.480 e. The number of rotatable bonds is 5. The molecule has 1 aliphatic heterocycles. The molecule has 0 radical (unpaired) electrons. The summed E-state index contributed by atoms with van der Waals surface area (Å²) in [6, 6.07) is 3.41. The van der Waals surface area contributed by atoms with Gasteiger partial charge in [0.25, 0.3) is 0 Å². The van der Waals surface area contributed by atoms with Crippen LogP contribution in [0, 0.1) is 0 Å². The molecule has 0 amide bonds. The molecule has 0 aliphatic carbocycles. The van der Waals surface area contributed by atoms with Gasteiger partial charge in [-0.3, -0.25) is 4.99 Å². The number of carbonyl (C=O) groups is 1. The summed E-state index contributed by atoms with van der Waals surface area (Å²) in [5, 5.41) is 9.67. The number of hydrogen-bond acceptors (Lipinski definition) is 4. The Morgan fingerprint density at radius 2 is 2.00 bits per heavy atom. The predicted molar refractivity (Wildman–Crippen MR) is 89.7 cm³/mol. The number of allylic oxidation sites excluding steroid dienone is 1.